The van der Waals surface area contributed by atoms with Gasteiger partial charge in [0, 0.05) is 23.7 Å². The van der Waals surface area contributed by atoms with Crippen LogP contribution in [-0.4, -0.2) is 36.8 Å². The molecule has 6 nitrogen and oxygen atoms in total. The zero-order valence-corrected chi connectivity index (χ0v) is 16.4. The van der Waals surface area contributed by atoms with Gasteiger partial charge in [0.1, 0.15) is 5.78 Å². The van der Waals surface area contributed by atoms with Crippen LogP contribution in [-0.2, 0) is 14.3 Å². The van der Waals surface area contributed by atoms with E-state index in [2.05, 4.69) is 20.9 Å². The first kappa shape index (κ1) is 18.6. The van der Waals surface area contributed by atoms with Crippen LogP contribution in [0.5, 0.6) is 11.5 Å². The molecule has 2 unspecified atom stereocenters. The molecule has 1 aromatic carbocycles. The van der Waals surface area contributed by atoms with Crippen molar-refractivity contribution in [2.24, 2.45) is 10.9 Å². The van der Waals surface area contributed by atoms with E-state index in [1.165, 1.54) is 14.2 Å². The standard InChI is InChI=1S/C19H20BrNO5/c1-9-15(19(24)26-3)16(17-12(21-9)5-4-6-13(17)22)10-7-11(20)18(23)14(8-10)25-2/h7-8,16-17,23H,4-6H2,1-3H3. The Morgan fingerprint density at radius 2 is 2.00 bits per heavy atom. The molecule has 1 saturated carbocycles. The number of carbonyl (C=O) groups excluding carboxylic acids is 2. The van der Waals surface area contributed by atoms with Crippen molar-refractivity contribution in [1.82, 2.24) is 0 Å². The molecule has 3 rings (SSSR count). The molecule has 0 spiro atoms. The van der Waals surface area contributed by atoms with Crippen LogP contribution in [0.3, 0.4) is 0 Å². The number of ketones is 1. The lowest BCUT2D eigenvalue weighted by Gasteiger charge is -2.35. The van der Waals surface area contributed by atoms with Crippen LogP contribution in [0.15, 0.2) is 32.9 Å². The number of aliphatic imine (C=N–C) groups is 1. The van der Waals surface area contributed by atoms with Crippen LogP contribution >= 0.6 is 15.9 Å². The van der Waals surface area contributed by atoms with Crippen LogP contribution in [0.2, 0.25) is 0 Å². The molecular formula is C19H20BrNO5. The van der Waals surface area contributed by atoms with Crippen molar-refractivity contribution in [2.75, 3.05) is 14.2 Å². The molecule has 1 heterocycles. The second-order valence-corrected chi connectivity index (χ2v) is 7.28. The highest BCUT2D eigenvalue weighted by molar-refractivity contribution is 9.10. The SMILES string of the molecule is COC(=O)C1=C(C)N=C2CCCC(=O)C2C1c1cc(Br)c(O)c(OC)c1. The monoisotopic (exact) mass is 421 g/mol. The number of methoxy groups -OCH3 is 2. The fraction of sp³-hybridized carbons (Fsp3) is 0.421. The molecule has 0 aromatic heterocycles. The van der Waals surface area contributed by atoms with Crippen molar-refractivity contribution in [2.45, 2.75) is 32.1 Å². The molecule has 2 atom stereocenters. The Kier molecular flexibility index (Phi) is 5.18. The average molecular weight is 422 g/mol. The third-order valence-electron chi connectivity index (χ3n) is 4.94. The topological polar surface area (TPSA) is 85.2 Å². The molecule has 138 valence electrons. The predicted molar refractivity (Wildman–Crippen MR) is 99.6 cm³/mol. The van der Waals surface area contributed by atoms with E-state index >= 15 is 0 Å². The van der Waals surface area contributed by atoms with E-state index < -0.39 is 17.8 Å². The van der Waals surface area contributed by atoms with E-state index in [-0.39, 0.29) is 17.3 Å². The maximum absolute atomic E-state index is 12.7. The first-order valence-electron chi connectivity index (χ1n) is 8.34. The highest BCUT2D eigenvalue weighted by Crippen LogP contribution is 2.46. The fourth-order valence-corrected chi connectivity index (χ4v) is 4.24. The molecule has 1 aliphatic carbocycles. The molecule has 0 saturated heterocycles. The number of fused-ring (bicyclic) bond motifs is 1. The molecule has 7 heteroatoms. The summed E-state index contributed by atoms with van der Waals surface area (Å²) in [4.78, 5) is 29.8. The van der Waals surface area contributed by atoms with Crippen LogP contribution < -0.4 is 4.74 Å². The minimum Gasteiger partial charge on any atom is -0.503 e. The Bertz CT molecular complexity index is 843. The third-order valence-corrected chi connectivity index (χ3v) is 5.55. The first-order valence-corrected chi connectivity index (χ1v) is 9.14. The highest BCUT2D eigenvalue weighted by Gasteiger charge is 2.44. The Morgan fingerprint density at radius 3 is 2.65 bits per heavy atom. The molecule has 26 heavy (non-hydrogen) atoms. The summed E-state index contributed by atoms with van der Waals surface area (Å²) in [7, 11) is 2.77. The van der Waals surface area contributed by atoms with Crippen molar-refractivity contribution in [3.8, 4) is 11.5 Å². The van der Waals surface area contributed by atoms with Gasteiger partial charge in [-0.1, -0.05) is 0 Å². The van der Waals surface area contributed by atoms with Gasteiger partial charge in [-0.3, -0.25) is 9.79 Å². The fourth-order valence-electron chi connectivity index (χ4n) is 3.78. The summed E-state index contributed by atoms with van der Waals surface area (Å²) in [5.74, 6) is -1.22. The van der Waals surface area contributed by atoms with E-state index in [1.54, 1.807) is 19.1 Å². The maximum atomic E-state index is 12.7. The number of phenolic OH excluding ortho intramolecular Hbond substituents is 1. The lowest BCUT2D eigenvalue weighted by molar-refractivity contribution is -0.136. The summed E-state index contributed by atoms with van der Waals surface area (Å²) in [6.07, 6.45) is 1.96. The van der Waals surface area contributed by atoms with Gasteiger partial charge in [0.2, 0.25) is 0 Å². The summed E-state index contributed by atoms with van der Waals surface area (Å²) in [5, 5.41) is 10.1. The molecule has 0 radical (unpaired) electrons. The molecule has 1 N–H and O–H groups in total. The summed E-state index contributed by atoms with van der Waals surface area (Å²) in [6.45, 7) is 1.76. The van der Waals surface area contributed by atoms with Gasteiger partial charge in [0.05, 0.1) is 30.2 Å². The average Bonchev–Trinajstić information content (AvgIpc) is 2.62. The van der Waals surface area contributed by atoms with Gasteiger partial charge in [-0.15, -0.1) is 0 Å². The van der Waals surface area contributed by atoms with Crippen LogP contribution in [0.1, 0.15) is 37.7 Å². The van der Waals surface area contributed by atoms with E-state index in [0.29, 0.717) is 27.7 Å². The van der Waals surface area contributed by atoms with Crippen molar-refractivity contribution in [1.29, 1.82) is 0 Å². The lowest BCUT2D eigenvalue weighted by Crippen LogP contribution is -2.39. The second-order valence-electron chi connectivity index (χ2n) is 6.42. The summed E-state index contributed by atoms with van der Waals surface area (Å²) >= 11 is 3.32. The van der Waals surface area contributed by atoms with Crippen molar-refractivity contribution < 1.29 is 24.2 Å². The second kappa shape index (κ2) is 7.23. The minimum atomic E-state index is -0.520. The van der Waals surface area contributed by atoms with E-state index in [9.17, 15) is 14.7 Å². The number of ether oxygens (including phenoxy) is 2. The van der Waals surface area contributed by atoms with Crippen molar-refractivity contribution in [3.05, 3.63) is 33.4 Å². The smallest absolute Gasteiger partial charge is 0.336 e. The number of hydrogen-bond acceptors (Lipinski definition) is 6. The lowest BCUT2D eigenvalue weighted by atomic mass is 9.69. The summed E-state index contributed by atoms with van der Waals surface area (Å²) < 4.78 is 10.6. The molecule has 1 fully saturated rings. The number of hydrogen-bond donors (Lipinski definition) is 1. The maximum Gasteiger partial charge on any atom is 0.336 e. The number of benzene rings is 1. The Hall–Kier alpha value is -2.15. The number of nitrogens with zero attached hydrogens (tertiary/aromatic N) is 1. The van der Waals surface area contributed by atoms with Gasteiger partial charge >= 0.3 is 5.97 Å². The number of esters is 1. The normalized spacial score (nSPS) is 22.6. The number of carbonyl (C=O) groups is 2. The van der Waals surface area contributed by atoms with Crippen LogP contribution in [0.25, 0.3) is 0 Å². The van der Waals surface area contributed by atoms with Gasteiger partial charge in [-0.25, -0.2) is 4.79 Å². The molecule has 2 aliphatic rings. The predicted octanol–water partition coefficient (Wildman–Crippen LogP) is 3.52. The molecular weight excluding hydrogens is 402 g/mol. The number of phenols is 1. The van der Waals surface area contributed by atoms with Crippen molar-refractivity contribution >= 4 is 33.4 Å². The van der Waals surface area contributed by atoms with Crippen molar-refractivity contribution in [3.63, 3.8) is 0 Å². The highest BCUT2D eigenvalue weighted by atomic mass is 79.9. The van der Waals surface area contributed by atoms with Crippen LogP contribution in [0.4, 0.5) is 0 Å². The zero-order chi connectivity index (χ0) is 19.0. The molecule has 0 amide bonds. The first-order chi connectivity index (χ1) is 12.4. The summed E-state index contributed by atoms with van der Waals surface area (Å²) in [6, 6.07) is 3.37. The Morgan fingerprint density at radius 1 is 1.27 bits per heavy atom. The van der Waals surface area contributed by atoms with Gasteiger partial charge in [0.25, 0.3) is 0 Å². The number of allylic oxidation sites excluding steroid dienone is 1. The molecule has 1 aromatic rings. The largest absolute Gasteiger partial charge is 0.503 e. The quantitative estimate of drug-likeness (QED) is 0.754. The number of Topliss-reactive ketones (excluding diaryl/α,β-unsaturated/α-hetero) is 1. The van der Waals surface area contributed by atoms with Gasteiger partial charge < -0.3 is 14.6 Å². The van der Waals surface area contributed by atoms with E-state index in [4.69, 9.17) is 9.47 Å². The van der Waals surface area contributed by atoms with Gasteiger partial charge in [-0.05, 0) is 53.4 Å². The van der Waals surface area contributed by atoms with Crippen LogP contribution in [0, 0.1) is 5.92 Å². The Labute approximate surface area is 160 Å². The van der Waals surface area contributed by atoms with Gasteiger partial charge in [-0.2, -0.15) is 0 Å². The number of aromatic hydroxyl groups is 1. The zero-order valence-electron chi connectivity index (χ0n) is 14.8. The minimum absolute atomic E-state index is 0.0313. The number of rotatable bonds is 3. The van der Waals surface area contributed by atoms with E-state index in [0.717, 1.165) is 18.6 Å². The van der Waals surface area contributed by atoms with E-state index in [1.807, 2.05) is 0 Å². The Balaban J connectivity index is 2.23. The summed E-state index contributed by atoms with van der Waals surface area (Å²) in [5.41, 5.74) is 2.43. The molecule has 1 aliphatic heterocycles. The third kappa shape index (κ3) is 3.05. The van der Waals surface area contributed by atoms with Gasteiger partial charge in [0.15, 0.2) is 11.5 Å². The number of halogens is 1. The molecule has 0 bridgehead atoms.